The third-order valence-corrected chi connectivity index (χ3v) is 2.79. The van der Waals surface area contributed by atoms with E-state index in [9.17, 15) is 4.79 Å². The summed E-state index contributed by atoms with van der Waals surface area (Å²) in [7, 11) is 0. The maximum Gasteiger partial charge on any atom is 0.277 e. The summed E-state index contributed by atoms with van der Waals surface area (Å²) in [4.78, 5) is 17.4. The van der Waals surface area contributed by atoms with Crippen LogP contribution in [0, 0.1) is 0 Å². The molecule has 1 aromatic rings. The van der Waals surface area contributed by atoms with Crippen molar-refractivity contribution in [2.24, 2.45) is 0 Å². The van der Waals surface area contributed by atoms with Crippen molar-refractivity contribution in [1.29, 1.82) is 0 Å². The number of rotatable bonds is 1. The summed E-state index contributed by atoms with van der Waals surface area (Å²) in [5, 5.41) is 1.43. The number of carbonyl (C=O) groups is 1. The molecule has 3 heteroatoms. The van der Waals surface area contributed by atoms with Crippen molar-refractivity contribution in [2.75, 3.05) is 13.2 Å². The smallest absolute Gasteiger partial charge is 0.267 e. The predicted octanol–water partition coefficient (Wildman–Crippen LogP) is 2.41. The Labute approximate surface area is 95.3 Å². The summed E-state index contributed by atoms with van der Waals surface area (Å²) in [5.74, 6) is -0.0764. The summed E-state index contributed by atoms with van der Waals surface area (Å²) in [6.45, 7) is 5.12. The number of hydrogen-bond acceptors (Lipinski definition) is 2. The molecule has 0 spiro atoms. The van der Waals surface area contributed by atoms with Crippen LogP contribution in [0.1, 0.15) is 24.2 Å². The van der Waals surface area contributed by atoms with Gasteiger partial charge in [0.1, 0.15) is 0 Å². The number of nitrogens with zero attached hydrogens (tertiary/aromatic N) is 1. The molecule has 1 heterocycles. The molecule has 0 fully saturated rings. The molecule has 0 radical (unpaired) electrons. The van der Waals surface area contributed by atoms with Crippen LogP contribution in [0.25, 0.3) is 0 Å². The summed E-state index contributed by atoms with van der Waals surface area (Å²) in [6.07, 6.45) is 0. The van der Waals surface area contributed by atoms with E-state index in [0.29, 0.717) is 18.7 Å². The molecule has 1 aromatic carbocycles. The summed E-state index contributed by atoms with van der Waals surface area (Å²) >= 11 is 0. The van der Waals surface area contributed by atoms with Gasteiger partial charge in [-0.3, -0.25) is 9.63 Å². The third-order valence-electron chi connectivity index (χ3n) is 2.79. The first-order valence-corrected chi connectivity index (χ1v) is 5.33. The quantitative estimate of drug-likeness (QED) is 0.676. The minimum absolute atomic E-state index is 0.0764. The van der Waals surface area contributed by atoms with E-state index in [1.165, 1.54) is 16.2 Å². The topological polar surface area (TPSA) is 29.5 Å². The standard InChI is InChI=1S/C13H15NO2/c1-10-8-14(16-9-11(10)2)13(15)12-6-4-3-5-7-12/h3-7H,8-9H2,1-2H3. The Bertz CT molecular complexity index is 423. The van der Waals surface area contributed by atoms with Crippen molar-refractivity contribution >= 4 is 5.91 Å². The van der Waals surface area contributed by atoms with E-state index < -0.39 is 0 Å². The van der Waals surface area contributed by atoms with E-state index in [1.54, 1.807) is 12.1 Å². The number of amides is 1. The molecule has 1 amide bonds. The third kappa shape index (κ3) is 2.14. The Balaban J connectivity index is 2.14. The van der Waals surface area contributed by atoms with Gasteiger partial charge in [-0.25, -0.2) is 5.06 Å². The molecule has 0 bridgehead atoms. The SMILES string of the molecule is CC1=C(C)CN(C(=O)c2ccccc2)OC1. The molecule has 0 unspecified atom stereocenters. The first-order chi connectivity index (χ1) is 7.68. The van der Waals surface area contributed by atoms with Crippen molar-refractivity contribution in [3.8, 4) is 0 Å². The maximum atomic E-state index is 12.0. The average Bonchev–Trinajstić information content (AvgIpc) is 2.33. The van der Waals surface area contributed by atoms with Gasteiger partial charge >= 0.3 is 0 Å². The second kappa shape index (κ2) is 4.49. The van der Waals surface area contributed by atoms with E-state index in [0.717, 1.165) is 0 Å². The number of carbonyl (C=O) groups excluding carboxylic acids is 1. The van der Waals surface area contributed by atoms with Crippen LogP contribution in [0.15, 0.2) is 41.5 Å². The Morgan fingerprint density at radius 3 is 2.50 bits per heavy atom. The van der Waals surface area contributed by atoms with Gasteiger partial charge in [-0.2, -0.15) is 0 Å². The number of hydrogen-bond donors (Lipinski definition) is 0. The second-order valence-corrected chi connectivity index (χ2v) is 4.04. The van der Waals surface area contributed by atoms with E-state index in [2.05, 4.69) is 0 Å². The Morgan fingerprint density at radius 1 is 1.19 bits per heavy atom. The summed E-state index contributed by atoms with van der Waals surface area (Å²) in [6, 6.07) is 9.19. The average molecular weight is 217 g/mol. The zero-order chi connectivity index (χ0) is 11.5. The predicted molar refractivity (Wildman–Crippen MR) is 61.8 cm³/mol. The van der Waals surface area contributed by atoms with Crippen molar-refractivity contribution < 1.29 is 9.63 Å². The van der Waals surface area contributed by atoms with Crippen molar-refractivity contribution in [3.63, 3.8) is 0 Å². The van der Waals surface area contributed by atoms with Gasteiger partial charge in [0, 0.05) is 5.56 Å². The van der Waals surface area contributed by atoms with E-state index in [1.807, 2.05) is 32.0 Å². The molecular weight excluding hydrogens is 202 g/mol. The van der Waals surface area contributed by atoms with Crippen LogP contribution >= 0.6 is 0 Å². The molecule has 1 aliphatic rings. The Hall–Kier alpha value is -1.61. The van der Waals surface area contributed by atoms with Gasteiger partial charge in [0.15, 0.2) is 0 Å². The molecule has 16 heavy (non-hydrogen) atoms. The van der Waals surface area contributed by atoms with E-state index >= 15 is 0 Å². The molecule has 0 N–H and O–H groups in total. The number of hydroxylamine groups is 2. The van der Waals surface area contributed by atoms with Gasteiger partial charge in [-0.05, 0) is 31.6 Å². The lowest BCUT2D eigenvalue weighted by Gasteiger charge is -2.27. The van der Waals surface area contributed by atoms with Gasteiger partial charge in [0.2, 0.25) is 0 Å². The van der Waals surface area contributed by atoms with Gasteiger partial charge in [-0.1, -0.05) is 23.8 Å². The fourth-order valence-corrected chi connectivity index (χ4v) is 1.55. The highest BCUT2D eigenvalue weighted by atomic mass is 16.7. The molecule has 0 atom stereocenters. The highest BCUT2D eigenvalue weighted by molar-refractivity contribution is 5.93. The largest absolute Gasteiger partial charge is 0.277 e. The normalized spacial score (nSPS) is 16.5. The van der Waals surface area contributed by atoms with Crippen LogP contribution < -0.4 is 0 Å². The molecule has 0 aliphatic carbocycles. The molecule has 0 saturated heterocycles. The fourth-order valence-electron chi connectivity index (χ4n) is 1.55. The highest BCUT2D eigenvalue weighted by Gasteiger charge is 2.21. The maximum absolute atomic E-state index is 12.0. The Kier molecular flexibility index (Phi) is 3.06. The number of benzene rings is 1. The first-order valence-electron chi connectivity index (χ1n) is 5.33. The van der Waals surface area contributed by atoms with Crippen LogP contribution in [0.2, 0.25) is 0 Å². The van der Waals surface area contributed by atoms with E-state index in [4.69, 9.17) is 4.84 Å². The summed E-state index contributed by atoms with van der Waals surface area (Å²) < 4.78 is 0. The van der Waals surface area contributed by atoms with Crippen LogP contribution in [0.4, 0.5) is 0 Å². The van der Waals surface area contributed by atoms with Crippen molar-refractivity contribution in [1.82, 2.24) is 5.06 Å². The fraction of sp³-hybridized carbons (Fsp3) is 0.308. The molecule has 2 rings (SSSR count). The van der Waals surface area contributed by atoms with Crippen LogP contribution in [-0.4, -0.2) is 24.1 Å². The molecule has 0 saturated carbocycles. The van der Waals surface area contributed by atoms with Gasteiger partial charge in [-0.15, -0.1) is 0 Å². The summed E-state index contributed by atoms with van der Waals surface area (Å²) in [5.41, 5.74) is 3.07. The van der Waals surface area contributed by atoms with Crippen LogP contribution in [0.5, 0.6) is 0 Å². The monoisotopic (exact) mass is 217 g/mol. The zero-order valence-electron chi connectivity index (χ0n) is 9.56. The highest BCUT2D eigenvalue weighted by Crippen LogP contribution is 2.16. The van der Waals surface area contributed by atoms with E-state index in [-0.39, 0.29) is 5.91 Å². The lowest BCUT2D eigenvalue weighted by Crippen LogP contribution is -2.36. The van der Waals surface area contributed by atoms with Crippen molar-refractivity contribution in [2.45, 2.75) is 13.8 Å². The van der Waals surface area contributed by atoms with Gasteiger partial charge < -0.3 is 0 Å². The van der Waals surface area contributed by atoms with Crippen LogP contribution in [0.3, 0.4) is 0 Å². The molecule has 84 valence electrons. The second-order valence-electron chi connectivity index (χ2n) is 4.04. The van der Waals surface area contributed by atoms with Crippen molar-refractivity contribution in [3.05, 3.63) is 47.0 Å². The van der Waals surface area contributed by atoms with Gasteiger partial charge in [0.05, 0.1) is 13.2 Å². The first kappa shape index (κ1) is 10.9. The molecular formula is C13H15NO2. The Morgan fingerprint density at radius 2 is 1.88 bits per heavy atom. The van der Waals surface area contributed by atoms with Crippen LogP contribution in [-0.2, 0) is 4.84 Å². The lowest BCUT2D eigenvalue weighted by atomic mass is 10.1. The molecule has 1 aliphatic heterocycles. The van der Waals surface area contributed by atoms with Gasteiger partial charge in [0.25, 0.3) is 5.91 Å². The lowest BCUT2D eigenvalue weighted by molar-refractivity contribution is -0.116. The molecule has 0 aromatic heterocycles. The zero-order valence-corrected chi connectivity index (χ0v) is 9.56. The minimum Gasteiger partial charge on any atom is -0.267 e. The minimum atomic E-state index is -0.0764. The molecule has 3 nitrogen and oxygen atoms in total.